The average molecular weight is 430 g/mol. The van der Waals surface area contributed by atoms with Gasteiger partial charge in [0.2, 0.25) is 0 Å². The number of aryl methyl sites for hydroxylation is 1. The zero-order valence-electron chi connectivity index (χ0n) is 15.6. The van der Waals surface area contributed by atoms with Crippen LogP contribution in [0, 0.1) is 6.92 Å². The summed E-state index contributed by atoms with van der Waals surface area (Å²) in [4.78, 5) is 16.4. The van der Waals surface area contributed by atoms with Gasteiger partial charge in [0.1, 0.15) is 5.69 Å². The molecule has 0 atom stereocenters. The molecule has 1 N–H and O–H groups in total. The number of amides is 1. The minimum Gasteiger partial charge on any atom is -0.490 e. The summed E-state index contributed by atoms with van der Waals surface area (Å²) in [6, 6.07) is 5.62. The summed E-state index contributed by atoms with van der Waals surface area (Å²) in [6.45, 7) is 0.0948. The number of rotatable bonds is 6. The van der Waals surface area contributed by atoms with Crippen molar-refractivity contribution in [2.75, 3.05) is 11.9 Å². The maximum atomic E-state index is 13.2. The van der Waals surface area contributed by atoms with E-state index in [1.807, 2.05) is 0 Å². The molecule has 0 bridgehead atoms. The molecule has 0 aliphatic heterocycles. The fourth-order valence-electron chi connectivity index (χ4n) is 2.66. The second kappa shape index (κ2) is 8.13. The monoisotopic (exact) mass is 430 g/mol. The van der Waals surface area contributed by atoms with Crippen LogP contribution in [0.25, 0.3) is 5.65 Å². The Hall–Kier alpha value is -3.44. The van der Waals surface area contributed by atoms with Gasteiger partial charge in [-0.05, 0) is 32.0 Å². The molecule has 0 saturated carbocycles. The summed E-state index contributed by atoms with van der Waals surface area (Å²) in [6.07, 6.45) is -4.70. The first-order chi connectivity index (χ1) is 14.1. The van der Waals surface area contributed by atoms with Gasteiger partial charge in [-0.1, -0.05) is 0 Å². The van der Waals surface area contributed by atoms with Crippen LogP contribution in [0.1, 0.15) is 28.8 Å². The second-order valence-corrected chi connectivity index (χ2v) is 6.01. The van der Waals surface area contributed by atoms with Crippen LogP contribution >= 0.6 is 0 Å². The van der Waals surface area contributed by atoms with E-state index in [2.05, 4.69) is 20.1 Å². The molecule has 0 fully saturated rings. The predicted molar refractivity (Wildman–Crippen MR) is 94.9 cm³/mol. The highest BCUT2D eigenvalue weighted by molar-refractivity contribution is 6.03. The van der Waals surface area contributed by atoms with E-state index >= 15 is 0 Å². The highest BCUT2D eigenvalue weighted by Crippen LogP contribution is 2.32. The van der Waals surface area contributed by atoms with Gasteiger partial charge in [-0.25, -0.2) is 9.50 Å². The quantitative estimate of drug-likeness (QED) is 0.590. The third-order valence-corrected chi connectivity index (χ3v) is 3.80. The maximum Gasteiger partial charge on any atom is 0.433 e. The fourth-order valence-corrected chi connectivity index (χ4v) is 2.66. The molecule has 2 aromatic heterocycles. The first kappa shape index (κ1) is 21.3. The van der Waals surface area contributed by atoms with Crippen LogP contribution in [0.5, 0.6) is 11.5 Å². The van der Waals surface area contributed by atoms with E-state index < -0.39 is 24.4 Å². The summed E-state index contributed by atoms with van der Waals surface area (Å²) in [7, 11) is 0. The van der Waals surface area contributed by atoms with Crippen molar-refractivity contribution in [3.05, 3.63) is 47.4 Å². The highest BCUT2D eigenvalue weighted by Gasteiger charge is 2.35. The Bertz CT molecular complexity index is 1080. The van der Waals surface area contributed by atoms with Gasteiger partial charge < -0.3 is 14.8 Å². The molecule has 0 radical (unpaired) electrons. The zero-order valence-corrected chi connectivity index (χ0v) is 15.6. The summed E-state index contributed by atoms with van der Waals surface area (Å²) >= 11 is 0. The van der Waals surface area contributed by atoms with Crippen LogP contribution in [0.2, 0.25) is 0 Å². The predicted octanol–water partition coefficient (Wildman–Crippen LogP) is 4.31. The van der Waals surface area contributed by atoms with Gasteiger partial charge in [0, 0.05) is 23.5 Å². The lowest BCUT2D eigenvalue weighted by Gasteiger charge is -2.13. The van der Waals surface area contributed by atoms with E-state index in [1.54, 1.807) is 6.92 Å². The average Bonchev–Trinajstić information content (AvgIpc) is 3.06. The molecule has 0 saturated heterocycles. The Morgan fingerprint density at radius 1 is 1.20 bits per heavy atom. The lowest BCUT2D eigenvalue weighted by Crippen LogP contribution is -2.16. The number of hydrogen-bond acceptors (Lipinski definition) is 5. The van der Waals surface area contributed by atoms with Crippen molar-refractivity contribution in [2.45, 2.75) is 26.6 Å². The molecule has 0 spiro atoms. The van der Waals surface area contributed by atoms with Crippen LogP contribution in [0.4, 0.5) is 27.6 Å². The Morgan fingerprint density at radius 3 is 2.57 bits per heavy atom. The molecule has 2 heterocycles. The van der Waals surface area contributed by atoms with E-state index in [-0.39, 0.29) is 40.8 Å². The van der Waals surface area contributed by atoms with Gasteiger partial charge >= 0.3 is 12.8 Å². The van der Waals surface area contributed by atoms with E-state index in [9.17, 15) is 26.7 Å². The Kier molecular flexibility index (Phi) is 5.76. The van der Waals surface area contributed by atoms with E-state index in [1.165, 1.54) is 25.1 Å². The molecule has 3 rings (SSSR count). The van der Waals surface area contributed by atoms with Gasteiger partial charge in [-0.15, -0.1) is 0 Å². The number of aromatic nitrogens is 3. The van der Waals surface area contributed by atoms with Crippen LogP contribution in [0.3, 0.4) is 0 Å². The number of carbonyl (C=O) groups excluding carboxylic acids is 1. The molecule has 1 amide bonds. The van der Waals surface area contributed by atoms with Crippen molar-refractivity contribution in [1.29, 1.82) is 0 Å². The molecule has 3 aromatic rings. The molecule has 7 nitrogen and oxygen atoms in total. The summed E-state index contributed by atoms with van der Waals surface area (Å²) in [5.41, 5.74) is -1.29. The first-order valence-electron chi connectivity index (χ1n) is 8.56. The number of hydrogen-bond donors (Lipinski definition) is 1. The molecule has 0 aliphatic carbocycles. The second-order valence-electron chi connectivity index (χ2n) is 6.01. The normalized spacial score (nSPS) is 11.7. The lowest BCUT2D eigenvalue weighted by atomic mass is 10.2. The van der Waals surface area contributed by atoms with Crippen LogP contribution in [0.15, 0.2) is 30.3 Å². The van der Waals surface area contributed by atoms with Crippen molar-refractivity contribution in [3.63, 3.8) is 0 Å². The van der Waals surface area contributed by atoms with Gasteiger partial charge in [0.15, 0.2) is 22.8 Å². The van der Waals surface area contributed by atoms with Gasteiger partial charge in [0.25, 0.3) is 5.91 Å². The summed E-state index contributed by atoms with van der Waals surface area (Å²) in [5.74, 6) is -1.09. The van der Waals surface area contributed by atoms with E-state index in [0.717, 1.165) is 12.1 Å². The third-order valence-electron chi connectivity index (χ3n) is 3.80. The lowest BCUT2D eigenvalue weighted by molar-refractivity contribution is -0.142. The molecular weight excluding hydrogens is 415 g/mol. The number of ether oxygens (including phenoxy) is 2. The minimum atomic E-state index is -4.70. The van der Waals surface area contributed by atoms with Gasteiger partial charge in [0.05, 0.1) is 6.61 Å². The first-order valence-corrected chi connectivity index (χ1v) is 8.56. The standard InChI is InChI=1S/C18H15F5N4O3/c1-3-29-13-7-10(4-5-12(13)30-17(19)20)25-16(28)11-8-15-24-9(2)6-14(18(21,22)23)27(15)26-11/h4-8,17H,3H2,1-2H3,(H,25,28). The van der Waals surface area contributed by atoms with Crippen molar-refractivity contribution in [1.82, 2.24) is 14.6 Å². The SMILES string of the molecule is CCOc1cc(NC(=O)c2cc3nc(C)cc(C(F)(F)F)n3n2)ccc1OC(F)F. The van der Waals surface area contributed by atoms with Gasteiger partial charge in [-0.3, -0.25) is 4.79 Å². The highest BCUT2D eigenvalue weighted by atomic mass is 19.4. The number of nitrogens with one attached hydrogen (secondary N) is 1. The van der Waals surface area contributed by atoms with Crippen LogP contribution in [-0.2, 0) is 6.18 Å². The molecule has 12 heteroatoms. The van der Waals surface area contributed by atoms with Crippen LogP contribution in [-0.4, -0.2) is 33.7 Å². The third kappa shape index (κ3) is 4.58. The van der Waals surface area contributed by atoms with Crippen molar-refractivity contribution in [3.8, 4) is 11.5 Å². The molecular formula is C18H15F5N4O3. The van der Waals surface area contributed by atoms with Crippen molar-refractivity contribution < 1.29 is 36.2 Å². The molecule has 1 aromatic carbocycles. The van der Waals surface area contributed by atoms with Crippen LogP contribution < -0.4 is 14.8 Å². The largest absolute Gasteiger partial charge is 0.490 e. The Morgan fingerprint density at radius 2 is 1.93 bits per heavy atom. The number of nitrogens with zero attached hydrogens (tertiary/aromatic N) is 3. The summed E-state index contributed by atoms with van der Waals surface area (Å²) in [5, 5.41) is 6.12. The van der Waals surface area contributed by atoms with Gasteiger partial charge in [-0.2, -0.15) is 27.1 Å². The number of alkyl halides is 5. The molecule has 0 aliphatic rings. The van der Waals surface area contributed by atoms with E-state index in [4.69, 9.17) is 4.74 Å². The number of carbonyl (C=O) groups is 1. The fraction of sp³-hybridized carbons (Fsp3) is 0.278. The number of benzene rings is 1. The molecule has 160 valence electrons. The summed E-state index contributed by atoms with van der Waals surface area (Å²) < 4.78 is 74.7. The van der Waals surface area contributed by atoms with Crippen molar-refractivity contribution >= 4 is 17.2 Å². The number of halogens is 5. The zero-order chi connectivity index (χ0) is 22.1. The Balaban J connectivity index is 1.91. The smallest absolute Gasteiger partial charge is 0.433 e. The van der Waals surface area contributed by atoms with Crippen molar-refractivity contribution in [2.24, 2.45) is 0 Å². The maximum absolute atomic E-state index is 13.2. The molecule has 0 unspecified atom stereocenters. The minimum absolute atomic E-state index is 0.0396. The van der Waals surface area contributed by atoms with E-state index in [0.29, 0.717) is 4.52 Å². The Labute approximate surface area is 166 Å². The number of anilines is 1. The molecule has 30 heavy (non-hydrogen) atoms. The topological polar surface area (TPSA) is 77.8 Å². The number of fused-ring (bicyclic) bond motifs is 1.